The number of hydrogen-bond acceptors (Lipinski definition) is 4. The zero-order valence-electron chi connectivity index (χ0n) is 13.2. The molecular formula is C18H14FNO3S2. The van der Waals surface area contributed by atoms with Crippen LogP contribution in [0, 0.1) is 12.7 Å². The van der Waals surface area contributed by atoms with Gasteiger partial charge in [0.2, 0.25) is 9.84 Å². The maximum atomic E-state index is 13.6. The summed E-state index contributed by atoms with van der Waals surface area (Å²) in [6.07, 6.45) is 0. The molecule has 0 aliphatic carbocycles. The van der Waals surface area contributed by atoms with E-state index in [1.807, 2.05) is 0 Å². The molecule has 1 aromatic heterocycles. The zero-order chi connectivity index (χ0) is 18.0. The Labute approximate surface area is 148 Å². The number of anilines is 1. The molecule has 0 spiro atoms. The molecule has 0 saturated heterocycles. The van der Waals surface area contributed by atoms with Gasteiger partial charge in [-0.3, -0.25) is 4.79 Å². The van der Waals surface area contributed by atoms with Crippen molar-refractivity contribution in [1.82, 2.24) is 0 Å². The number of rotatable bonds is 4. The highest BCUT2D eigenvalue weighted by molar-refractivity contribution is 7.93. The minimum atomic E-state index is -3.66. The van der Waals surface area contributed by atoms with Crippen molar-refractivity contribution < 1.29 is 17.6 Å². The van der Waals surface area contributed by atoms with Crippen LogP contribution in [0.25, 0.3) is 0 Å². The first-order valence-corrected chi connectivity index (χ1v) is 9.65. The number of thiophene rings is 1. The third-order valence-electron chi connectivity index (χ3n) is 3.55. The molecule has 25 heavy (non-hydrogen) atoms. The quantitative estimate of drug-likeness (QED) is 0.740. The average molecular weight is 375 g/mol. The first kappa shape index (κ1) is 17.3. The van der Waals surface area contributed by atoms with E-state index in [0.29, 0.717) is 11.3 Å². The lowest BCUT2D eigenvalue weighted by Crippen LogP contribution is -2.10. The molecule has 0 saturated carbocycles. The molecule has 0 unspecified atom stereocenters. The lowest BCUT2D eigenvalue weighted by atomic mass is 10.2. The molecule has 4 nitrogen and oxygen atoms in total. The fraction of sp³-hybridized carbons (Fsp3) is 0.0556. The molecule has 128 valence electrons. The Hall–Kier alpha value is -2.51. The van der Waals surface area contributed by atoms with Crippen molar-refractivity contribution in [2.24, 2.45) is 0 Å². The van der Waals surface area contributed by atoms with Crippen LogP contribution in [-0.2, 0) is 9.84 Å². The van der Waals surface area contributed by atoms with Crippen LogP contribution in [0.3, 0.4) is 0 Å². The lowest BCUT2D eigenvalue weighted by Gasteiger charge is -2.05. The van der Waals surface area contributed by atoms with Crippen LogP contribution in [0.5, 0.6) is 0 Å². The van der Waals surface area contributed by atoms with Crippen molar-refractivity contribution in [2.75, 3.05) is 5.32 Å². The van der Waals surface area contributed by atoms with Crippen LogP contribution in [0.4, 0.5) is 10.1 Å². The van der Waals surface area contributed by atoms with Crippen LogP contribution in [0.15, 0.2) is 69.8 Å². The lowest BCUT2D eigenvalue weighted by molar-refractivity contribution is 0.103. The number of amides is 1. The van der Waals surface area contributed by atoms with E-state index in [4.69, 9.17) is 0 Å². The number of carbonyl (C=O) groups excluding carboxylic acids is 1. The van der Waals surface area contributed by atoms with Gasteiger partial charge in [-0.1, -0.05) is 24.3 Å². The highest BCUT2D eigenvalue weighted by Gasteiger charge is 2.21. The van der Waals surface area contributed by atoms with Crippen LogP contribution >= 0.6 is 11.3 Å². The predicted octanol–water partition coefficient (Wildman–Crippen LogP) is 4.28. The van der Waals surface area contributed by atoms with Crippen molar-refractivity contribution in [3.05, 3.63) is 76.9 Å². The molecule has 7 heteroatoms. The largest absolute Gasteiger partial charge is 0.321 e. The molecular weight excluding hydrogens is 361 g/mol. The number of hydrogen-bond donors (Lipinski definition) is 1. The Morgan fingerprint density at radius 2 is 1.76 bits per heavy atom. The van der Waals surface area contributed by atoms with Crippen molar-refractivity contribution in [1.29, 1.82) is 0 Å². The summed E-state index contributed by atoms with van der Waals surface area (Å²) in [5, 5.41) is 2.57. The molecule has 1 heterocycles. The number of carbonyl (C=O) groups is 1. The molecule has 0 atom stereocenters. The van der Waals surface area contributed by atoms with Crippen molar-refractivity contribution in [3.63, 3.8) is 0 Å². The molecule has 3 aromatic rings. The minimum absolute atomic E-state index is 0.0823. The number of sulfone groups is 1. The summed E-state index contributed by atoms with van der Waals surface area (Å²) in [5.74, 6) is -0.904. The van der Waals surface area contributed by atoms with Crippen molar-refractivity contribution in [2.45, 2.75) is 16.0 Å². The molecule has 0 aliphatic heterocycles. The molecule has 0 fully saturated rings. The molecule has 0 aliphatic rings. The van der Waals surface area contributed by atoms with E-state index >= 15 is 0 Å². The Morgan fingerprint density at radius 1 is 1.04 bits per heavy atom. The van der Waals surface area contributed by atoms with E-state index < -0.39 is 21.6 Å². The van der Waals surface area contributed by atoms with Gasteiger partial charge in [0.1, 0.15) is 10.0 Å². The van der Waals surface area contributed by atoms with E-state index in [0.717, 1.165) is 11.3 Å². The molecule has 0 radical (unpaired) electrons. The van der Waals surface area contributed by atoms with Gasteiger partial charge >= 0.3 is 0 Å². The average Bonchev–Trinajstić information content (AvgIpc) is 3.10. The smallest absolute Gasteiger partial charge is 0.265 e. The van der Waals surface area contributed by atoms with Crippen molar-refractivity contribution >= 4 is 32.8 Å². The fourth-order valence-electron chi connectivity index (χ4n) is 2.17. The van der Waals surface area contributed by atoms with Crippen LogP contribution < -0.4 is 5.32 Å². The van der Waals surface area contributed by atoms with Crippen LogP contribution in [0.1, 0.15) is 15.2 Å². The van der Waals surface area contributed by atoms with E-state index in [1.54, 1.807) is 37.3 Å². The zero-order valence-corrected chi connectivity index (χ0v) is 14.8. The third kappa shape index (κ3) is 3.62. The van der Waals surface area contributed by atoms with E-state index in [9.17, 15) is 17.6 Å². The molecule has 3 rings (SSSR count). The summed E-state index contributed by atoms with van der Waals surface area (Å²) < 4.78 is 38.7. The van der Waals surface area contributed by atoms with Gasteiger partial charge in [0.25, 0.3) is 5.91 Å². The maximum absolute atomic E-state index is 13.6. The SMILES string of the molecule is Cc1ccc(NC(=O)c2ccc(S(=O)(=O)c3ccccc3)s2)cc1F. The predicted molar refractivity (Wildman–Crippen MR) is 95.3 cm³/mol. The van der Waals surface area contributed by atoms with Crippen molar-refractivity contribution in [3.8, 4) is 0 Å². The summed E-state index contributed by atoms with van der Waals surface area (Å²) in [6, 6.07) is 15.2. The number of aryl methyl sites for hydroxylation is 1. The second kappa shape index (κ2) is 6.78. The highest BCUT2D eigenvalue weighted by atomic mass is 32.2. The van der Waals surface area contributed by atoms with Gasteiger partial charge in [0.15, 0.2) is 0 Å². The molecule has 1 N–H and O–H groups in total. The fourth-order valence-corrected chi connectivity index (χ4v) is 4.79. The first-order valence-electron chi connectivity index (χ1n) is 7.35. The Morgan fingerprint density at radius 3 is 2.44 bits per heavy atom. The summed E-state index contributed by atoms with van der Waals surface area (Å²) in [4.78, 5) is 12.7. The highest BCUT2D eigenvalue weighted by Crippen LogP contribution is 2.28. The summed E-state index contributed by atoms with van der Waals surface area (Å²) in [7, 11) is -3.66. The Kier molecular flexibility index (Phi) is 4.69. The first-order chi connectivity index (χ1) is 11.9. The Bertz CT molecular complexity index is 1030. The minimum Gasteiger partial charge on any atom is -0.321 e. The van der Waals surface area contributed by atoms with Gasteiger partial charge in [-0.25, -0.2) is 12.8 Å². The standard InChI is InChI=1S/C18H14FNO3S2/c1-12-7-8-13(11-15(12)19)20-18(21)16-9-10-17(24-16)25(22,23)14-5-3-2-4-6-14/h2-11H,1H3,(H,20,21). The number of benzene rings is 2. The second-order valence-electron chi connectivity index (χ2n) is 5.35. The van der Waals surface area contributed by atoms with E-state index in [1.165, 1.54) is 30.3 Å². The normalized spacial score (nSPS) is 11.3. The van der Waals surface area contributed by atoms with Gasteiger partial charge in [-0.15, -0.1) is 11.3 Å². The summed E-state index contributed by atoms with van der Waals surface area (Å²) in [6.45, 7) is 1.63. The molecule has 0 bridgehead atoms. The number of halogens is 1. The summed E-state index contributed by atoms with van der Waals surface area (Å²) >= 11 is 0.876. The van der Waals surface area contributed by atoms with E-state index in [-0.39, 0.29) is 14.0 Å². The van der Waals surface area contributed by atoms with Gasteiger partial charge < -0.3 is 5.32 Å². The third-order valence-corrected chi connectivity index (χ3v) is 6.90. The maximum Gasteiger partial charge on any atom is 0.265 e. The van der Waals surface area contributed by atoms with Gasteiger partial charge in [0.05, 0.1) is 9.77 Å². The molecule has 2 aromatic carbocycles. The topological polar surface area (TPSA) is 63.2 Å². The Balaban J connectivity index is 1.83. The van der Waals surface area contributed by atoms with Gasteiger partial charge in [0, 0.05) is 5.69 Å². The number of nitrogens with one attached hydrogen (secondary N) is 1. The van der Waals surface area contributed by atoms with Crippen LogP contribution in [0.2, 0.25) is 0 Å². The van der Waals surface area contributed by atoms with E-state index in [2.05, 4.69) is 5.32 Å². The molecule has 1 amide bonds. The summed E-state index contributed by atoms with van der Waals surface area (Å²) in [5.41, 5.74) is 0.791. The second-order valence-corrected chi connectivity index (χ2v) is 8.61. The van der Waals surface area contributed by atoms with Gasteiger partial charge in [-0.2, -0.15) is 0 Å². The van der Waals surface area contributed by atoms with Crippen LogP contribution in [-0.4, -0.2) is 14.3 Å². The van der Waals surface area contributed by atoms with Gasteiger partial charge in [-0.05, 0) is 48.9 Å². The monoisotopic (exact) mass is 375 g/mol.